The van der Waals surface area contributed by atoms with E-state index in [4.69, 9.17) is 14.6 Å². The van der Waals surface area contributed by atoms with Gasteiger partial charge in [0.25, 0.3) is 0 Å². The van der Waals surface area contributed by atoms with E-state index >= 15 is 0 Å². The molecule has 164 valence electrons. The molecule has 6 heteroatoms. The van der Waals surface area contributed by atoms with Gasteiger partial charge >= 0.3 is 5.97 Å². The molecule has 0 aromatic carbocycles. The summed E-state index contributed by atoms with van der Waals surface area (Å²) in [5, 5.41) is 18.9. The van der Waals surface area contributed by atoms with Gasteiger partial charge in [-0.05, 0) is 44.4 Å². The van der Waals surface area contributed by atoms with Crippen molar-refractivity contribution in [3.05, 3.63) is 0 Å². The number of carbonyl (C=O) groups is 1. The first-order valence-corrected chi connectivity index (χ1v) is 11.3. The summed E-state index contributed by atoms with van der Waals surface area (Å²) in [4.78, 5) is 10.6. The molecule has 1 aliphatic carbocycles. The minimum absolute atomic E-state index is 0.239. The van der Waals surface area contributed by atoms with Crippen LogP contribution in [-0.4, -0.2) is 47.5 Å². The maximum Gasteiger partial charge on any atom is 0.303 e. The summed E-state index contributed by atoms with van der Waals surface area (Å²) in [5.74, 6) is -0.527. The molecule has 1 heterocycles. The van der Waals surface area contributed by atoms with Gasteiger partial charge in [0.15, 0.2) is 5.79 Å². The molecule has 0 aromatic heterocycles. The highest BCUT2D eigenvalue weighted by Gasteiger charge is 2.51. The van der Waals surface area contributed by atoms with Crippen LogP contribution in [0.3, 0.4) is 0 Å². The second-order valence-electron chi connectivity index (χ2n) is 8.56. The molecule has 1 saturated carbocycles. The number of hydrogen-bond acceptors (Lipinski definition) is 4. The van der Waals surface area contributed by atoms with Gasteiger partial charge < -0.3 is 19.7 Å². The molecule has 1 aliphatic heterocycles. The predicted octanol–water partition coefficient (Wildman–Crippen LogP) is 4.85. The van der Waals surface area contributed by atoms with Gasteiger partial charge in [-0.25, -0.2) is 4.39 Å². The number of unbranched alkanes of at least 4 members (excludes halogenated alkanes) is 4. The van der Waals surface area contributed by atoms with Crippen molar-refractivity contribution in [1.29, 1.82) is 0 Å². The second kappa shape index (κ2) is 12.1. The molecular weight excluding hydrogens is 363 g/mol. The van der Waals surface area contributed by atoms with Crippen molar-refractivity contribution in [2.24, 2.45) is 11.8 Å². The maximum atomic E-state index is 14.1. The largest absolute Gasteiger partial charge is 0.481 e. The molecule has 0 radical (unpaired) electrons. The lowest BCUT2D eigenvalue weighted by Crippen LogP contribution is -2.37. The fraction of sp³-hybridized carbons (Fsp3) is 0.955. The lowest BCUT2D eigenvalue weighted by molar-refractivity contribution is -0.188. The third-order valence-corrected chi connectivity index (χ3v) is 6.51. The molecule has 2 fully saturated rings. The number of aliphatic hydroxyl groups excluding tert-OH is 1. The molecule has 1 saturated heterocycles. The minimum Gasteiger partial charge on any atom is -0.481 e. The van der Waals surface area contributed by atoms with E-state index in [1.54, 1.807) is 0 Å². The average Bonchev–Trinajstić information content (AvgIpc) is 3.28. The highest BCUT2D eigenvalue weighted by Crippen LogP contribution is 2.50. The number of halogens is 1. The van der Waals surface area contributed by atoms with E-state index in [2.05, 4.69) is 0 Å². The van der Waals surface area contributed by atoms with Crippen molar-refractivity contribution in [3.8, 4) is 0 Å². The quantitative estimate of drug-likeness (QED) is 0.406. The zero-order valence-corrected chi connectivity index (χ0v) is 17.4. The Labute approximate surface area is 169 Å². The summed E-state index contributed by atoms with van der Waals surface area (Å²) < 4.78 is 26.1. The number of ether oxygens (including phenoxy) is 2. The predicted molar refractivity (Wildman–Crippen MR) is 106 cm³/mol. The number of carboxylic acid groups (broad SMARTS) is 1. The van der Waals surface area contributed by atoms with Crippen LogP contribution in [0.2, 0.25) is 0 Å². The lowest BCUT2D eigenvalue weighted by Gasteiger charge is -2.32. The van der Waals surface area contributed by atoms with Crippen LogP contribution in [-0.2, 0) is 14.3 Å². The van der Waals surface area contributed by atoms with E-state index < -0.39 is 24.0 Å². The van der Waals surface area contributed by atoms with Crippen molar-refractivity contribution in [2.75, 3.05) is 13.2 Å². The molecule has 0 aromatic rings. The Bertz CT molecular complexity index is 452. The molecule has 5 nitrogen and oxygen atoms in total. The van der Waals surface area contributed by atoms with E-state index in [9.17, 15) is 14.3 Å². The maximum absolute atomic E-state index is 14.1. The zero-order valence-electron chi connectivity index (χ0n) is 17.4. The first kappa shape index (κ1) is 23.6. The Balaban J connectivity index is 1.80. The van der Waals surface area contributed by atoms with E-state index in [1.807, 2.05) is 6.92 Å². The van der Waals surface area contributed by atoms with Crippen molar-refractivity contribution < 1.29 is 28.9 Å². The fourth-order valence-electron chi connectivity index (χ4n) is 4.91. The van der Waals surface area contributed by atoms with Crippen LogP contribution in [0.25, 0.3) is 0 Å². The normalized spacial score (nSPS) is 26.0. The summed E-state index contributed by atoms with van der Waals surface area (Å²) in [6.07, 6.45) is 8.33. The third-order valence-electron chi connectivity index (χ3n) is 6.51. The Kier molecular flexibility index (Phi) is 10.2. The number of carboxylic acids is 1. The van der Waals surface area contributed by atoms with Crippen molar-refractivity contribution >= 4 is 5.97 Å². The van der Waals surface area contributed by atoms with Gasteiger partial charge in [0, 0.05) is 18.8 Å². The number of alkyl halides is 1. The molecule has 0 amide bonds. The first-order valence-electron chi connectivity index (χ1n) is 11.3. The molecular formula is C22H39FO5. The smallest absolute Gasteiger partial charge is 0.303 e. The highest BCUT2D eigenvalue weighted by atomic mass is 19.1. The summed E-state index contributed by atoms with van der Waals surface area (Å²) in [6, 6.07) is 0. The van der Waals surface area contributed by atoms with Crippen LogP contribution in [0.15, 0.2) is 0 Å². The molecule has 2 rings (SSSR count). The summed E-state index contributed by atoms with van der Waals surface area (Å²) >= 11 is 0. The number of aliphatic hydroxyl groups is 1. The van der Waals surface area contributed by atoms with Crippen molar-refractivity contribution in [1.82, 2.24) is 0 Å². The van der Waals surface area contributed by atoms with E-state index in [1.165, 1.54) is 0 Å². The van der Waals surface area contributed by atoms with Gasteiger partial charge in [0.1, 0.15) is 6.17 Å². The molecule has 28 heavy (non-hydrogen) atoms. The second-order valence-corrected chi connectivity index (χ2v) is 8.56. The Morgan fingerprint density at radius 2 is 1.82 bits per heavy atom. The highest BCUT2D eigenvalue weighted by molar-refractivity contribution is 5.66. The number of aliphatic carboxylic acids is 1. The molecule has 2 N–H and O–H groups in total. The van der Waals surface area contributed by atoms with E-state index in [-0.39, 0.29) is 12.3 Å². The standard InChI is InChI=1S/C22H39FO5/c1-2-3-9-19(23)20(24)12-11-17-13-14-22(27-15-16-28-22)18(17)8-6-4-5-7-10-21(25)26/h17-20,24H,2-16H2,1H3,(H,25,26)/t17-,18+,19?,20+/m0/s1. The summed E-state index contributed by atoms with van der Waals surface area (Å²) in [7, 11) is 0. The average molecular weight is 403 g/mol. The van der Waals surface area contributed by atoms with Gasteiger partial charge in [-0.3, -0.25) is 4.79 Å². The molecule has 0 bridgehead atoms. The Morgan fingerprint density at radius 3 is 2.50 bits per heavy atom. The lowest BCUT2D eigenvalue weighted by atomic mass is 9.84. The number of rotatable bonds is 14. The summed E-state index contributed by atoms with van der Waals surface area (Å²) in [5.41, 5.74) is 0. The van der Waals surface area contributed by atoms with Crippen molar-refractivity contribution in [2.45, 2.75) is 108 Å². The molecule has 4 atom stereocenters. The van der Waals surface area contributed by atoms with Gasteiger partial charge in [-0.15, -0.1) is 0 Å². The van der Waals surface area contributed by atoms with Gasteiger partial charge in [0.2, 0.25) is 0 Å². The summed E-state index contributed by atoms with van der Waals surface area (Å²) in [6.45, 7) is 3.30. The Morgan fingerprint density at radius 1 is 1.11 bits per heavy atom. The van der Waals surface area contributed by atoms with Crippen LogP contribution in [0.1, 0.15) is 90.4 Å². The number of hydrogen-bond donors (Lipinski definition) is 2. The van der Waals surface area contributed by atoms with Gasteiger partial charge in [-0.2, -0.15) is 0 Å². The molecule has 1 unspecified atom stereocenters. The van der Waals surface area contributed by atoms with Crippen LogP contribution >= 0.6 is 0 Å². The first-order chi connectivity index (χ1) is 13.5. The van der Waals surface area contributed by atoms with Crippen molar-refractivity contribution in [3.63, 3.8) is 0 Å². The fourth-order valence-corrected chi connectivity index (χ4v) is 4.91. The third kappa shape index (κ3) is 6.96. The molecule has 2 aliphatic rings. The van der Waals surface area contributed by atoms with Crippen LogP contribution in [0, 0.1) is 11.8 Å². The monoisotopic (exact) mass is 402 g/mol. The van der Waals surface area contributed by atoms with Crippen LogP contribution in [0.5, 0.6) is 0 Å². The Hall–Kier alpha value is -0.720. The minimum atomic E-state index is -1.12. The van der Waals surface area contributed by atoms with Gasteiger partial charge in [-0.1, -0.05) is 39.0 Å². The SMILES string of the molecule is CCCCC(F)[C@H](O)CC[C@H]1CCC2(OCCO2)[C@@H]1CCCCCCC(=O)O. The van der Waals surface area contributed by atoms with Gasteiger partial charge in [0.05, 0.1) is 19.3 Å². The topological polar surface area (TPSA) is 76.0 Å². The van der Waals surface area contributed by atoms with Crippen LogP contribution in [0.4, 0.5) is 4.39 Å². The van der Waals surface area contributed by atoms with E-state index in [0.717, 1.165) is 64.2 Å². The van der Waals surface area contributed by atoms with Crippen LogP contribution < -0.4 is 0 Å². The zero-order chi connectivity index (χ0) is 20.4. The van der Waals surface area contributed by atoms with E-state index in [0.29, 0.717) is 32.0 Å². The molecule has 1 spiro atoms.